The van der Waals surface area contributed by atoms with Crippen LogP contribution in [0.4, 0.5) is 10.2 Å². The first kappa shape index (κ1) is 18.2. The maximum absolute atomic E-state index is 13.5. The molecule has 2 N–H and O–H groups in total. The van der Waals surface area contributed by atoms with Gasteiger partial charge in [-0.15, -0.1) is 0 Å². The number of piperazine rings is 1. The maximum atomic E-state index is 13.5. The maximum Gasteiger partial charge on any atom is 0.220 e. The normalized spacial score (nSPS) is 24.4. The molecule has 0 radical (unpaired) electrons. The van der Waals surface area contributed by atoms with E-state index in [1.54, 1.807) is 6.07 Å². The molecule has 146 valence electrons. The Morgan fingerprint density at radius 2 is 1.93 bits per heavy atom. The number of halogens is 1. The van der Waals surface area contributed by atoms with Gasteiger partial charge in [0.1, 0.15) is 5.82 Å². The molecule has 1 saturated heterocycles. The van der Waals surface area contributed by atoms with Crippen molar-refractivity contribution in [2.24, 2.45) is 17.6 Å². The van der Waals surface area contributed by atoms with Crippen LogP contribution in [0.15, 0.2) is 22.7 Å². The highest BCUT2D eigenvalue weighted by atomic mass is 19.1. The molecule has 7 heteroatoms. The van der Waals surface area contributed by atoms with E-state index in [2.05, 4.69) is 15.0 Å². The summed E-state index contributed by atoms with van der Waals surface area (Å²) in [5, 5.41) is 4.90. The molecule has 0 bridgehead atoms. The van der Waals surface area contributed by atoms with Gasteiger partial charge in [0.25, 0.3) is 0 Å². The van der Waals surface area contributed by atoms with E-state index in [4.69, 9.17) is 10.3 Å². The largest absolute Gasteiger partial charge is 0.369 e. The number of aromatic nitrogens is 1. The lowest BCUT2D eigenvalue weighted by atomic mass is 9.80. The van der Waals surface area contributed by atoms with E-state index in [1.807, 2.05) is 0 Å². The van der Waals surface area contributed by atoms with Crippen molar-refractivity contribution in [1.29, 1.82) is 0 Å². The summed E-state index contributed by atoms with van der Waals surface area (Å²) in [7, 11) is 0. The van der Waals surface area contributed by atoms with Crippen LogP contribution in [-0.2, 0) is 4.79 Å². The summed E-state index contributed by atoms with van der Waals surface area (Å²) in [5.74, 6) is 1.14. The summed E-state index contributed by atoms with van der Waals surface area (Å²) in [4.78, 5) is 15.9. The lowest BCUT2D eigenvalue weighted by Gasteiger charge is -2.36. The van der Waals surface area contributed by atoms with E-state index in [0.717, 1.165) is 69.6 Å². The molecule has 1 aliphatic carbocycles. The van der Waals surface area contributed by atoms with Crippen LogP contribution in [0.1, 0.15) is 32.1 Å². The summed E-state index contributed by atoms with van der Waals surface area (Å²) in [5.41, 5.74) is 6.04. The molecule has 27 heavy (non-hydrogen) atoms. The topological polar surface area (TPSA) is 75.6 Å². The zero-order valence-corrected chi connectivity index (χ0v) is 15.6. The van der Waals surface area contributed by atoms with Crippen LogP contribution in [-0.4, -0.2) is 48.7 Å². The molecule has 0 spiro atoms. The molecule has 2 fully saturated rings. The third-order valence-electron chi connectivity index (χ3n) is 6.19. The standard InChI is InChI=1S/C20H27FN4O2/c21-16-5-6-18-17(13-16)20(23-27-18)25-11-9-24(10-12-25)8-7-14-1-3-15(4-2-14)19(22)26/h5-6,13-15H,1-4,7-12H2,(H2,22,26). The molecule has 0 atom stereocenters. The number of primary amides is 1. The van der Waals surface area contributed by atoms with Crippen molar-refractivity contribution in [2.45, 2.75) is 32.1 Å². The Hall–Kier alpha value is -2.15. The summed E-state index contributed by atoms with van der Waals surface area (Å²) < 4.78 is 18.9. The minimum Gasteiger partial charge on any atom is -0.369 e. The molecule has 1 aromatic carbocycles. The zero-order chi connectivity index (χ0) is 18.8. The van der Waals surface area contributed by atoms with Crippen LogP contribution in [0.25, 0.3) is 11.0 Å². The Morgan fingerprint density at radius 1 is 1.19 bits per heavy atom. The van der Waals surface area contributed by atoms with E-state index in [-0.39, 0.29) is 17.6 Å². The van der Waals surface area contributed by atoms with E-state index >= 15 is 0 Å². The second kappa shape index (κ2) is 7.84. The molecule has 2 aromatic rings. The van der Waals surface area contributed by atoms with Crippen LogP contribution >= 0.6 is 0 Å². The van der Waals surface area contributed by atoms with Crippen molar-refractivity contribution in [1.82, 2.24) is 10.1 Å². The van der Waals surface area contributed by atoms with Crippen molar-refractivity contribution in [3.05, 3.63) is 24.0 Å². The molecular formula is C20H27FN4O2. The minimum absolute atomic E-state index is 0.0897. The van der Waals surface area contributed by atoms with Gasteiger partial charge in [-0.2, -0.15) is 0 Å². The Kier molecular flexibility index (Phi) is 5.29. The highest BCUT2D eigenvalue weighted by Gasteiger charge is 2.26. The fraction of sp³-hybridized carbons (Fsp3) is 0.600. The quantitative estimate of drug-likeness (QED) is 0.871. The molecule has 2 heterocycles. The fourth-order valence-corrected chi connectivity index (χ4v) is 4.41. The van der Waals surface area contributed by atoms with Gasteiger partial charge in [0, 0.05) is 32.1 Å². The number of carbonyl (C=O) groups is 1. The number of nitrogens with zero attached hydrogens (tertiary/aromatic N) is 3. The van der Waals surface area contributed by atoms with E-state index in [0.29, 0.717) is 11.5 Å². The van der Waals surface area contributed by atoms with Crippen LogP contribution in [0.2, 0.25) is 0 Å². The van der Waals surface area contributed by atoms with Crippen molar-refractivity contribution in [3.63, 3.8) is 0 Å². The van der Waals surface area contributed by atoms with Gasteiger partial charge >= 0.3 is 0 Å². The van der Waals surface area contributed by atoms with E-state index < -0.39 is 0 Å². The Morgan fingerprint density at radius 3 is 2.63 bits per heavy atom. The second-order valence-corrected chi connectivity index (χ2v) is 7.88. The van der Waals surface area contributed by atoms with Crippen LogP contribution < -0.4 is 10.6 Å². The molecule has 1 amide bonds. The summed E-state index contributed by atoms with van der Waals surface area (Å²) in [6, 6.07) is 4.52. The average Bonchev–Trinajstić information content (AvgIpc) is 3.10. The minimum atomic E-state index is -0.267. The van der Waals surface area contributed by atoms with Crippen molar-refractivity contribution in [3.8, 4) is 0 Å². The van der Waals surface area contributed by atoms with Gasteiger partial charge in [0.2, 0.25) is 5.91 Å². The van der Waals surface area contributed by atoms with Gasteiger partial charge < -0.3 is 15.2 Å². The SMILES string of the molecule is NC(=O)C1CCC(CCN2CCN(c3noc4ccc(F)cc34)CC2)CC1. The van der Waals surface area contributed by atoms with E-state index in [1.165, 1.54) is 18.6 Å². The first-order valence-corrected chi connectivity index (χ1v) is 9.91. The first-order valence-electron chi connectivity index (χ1n) is 9.91. The summed E-state index contributed by atoms with van der Waals surface area (Å²) in [6.45, 7) is 4.77. The molecule has 1 saturated carbocycles. The number of nitrogens with two attached hydrogens (primary N) is 1. The number of rotatable bonds is 5. The number of fused-ring (bicyclic) bond motifs is 1. The van der Waals surface area contributed by atoms with Crippen molar-refractivity contribution in [2.75, 3.05) is 37.6 Å². The highest BCUT2D eigenvalue weighted by Crippen LogP contribution is 2.31. The number of benzene rings is 1. The van der Waals surface area contributed by atoms with Crippen molar-refractivity contribution < 1.29 is 13.7 Å². The van der Waals surface area contributed by atoms with Crippen LogP contribution in [0.5, 0.6) is 0 Å². The van der Waals surface area contributed by atoms with Gasteiger partial charge in [-0.25, -0.2) is 4.39 Å². The highest BCUT2D eigenvalue weighted by molar-refractivity contribution is 5.88. The number of hydrogen-bond donors (Lipinski definition) is 1. The Balaban J connectivity index is 1.26. The second-order valence-electron chi connectivity index (χ2n) is 7.88. The fourth-order valence-electron chi connectivity index (χ4n) is 4.41. The number of amides is 1. The Labute approximate surface area is 158 Å². The third-order valence-corrected chi connectivity index (χ3v) is 6.19. The van der Waals surface area contributed by atoms with Gasteiger partial charge in [-0.05, 0) is 62.8 Å². The van der Waals surface area contributed by atoms with Gasteiger partial charge in [-0.3, -0.25) is 9.69 Å². The Bertz CT molecular complexity index is 792. The summed E-state index contributed by atoms with van der Waals surface area (Å²) in [6.07, 6.45) is 5.31. The smallest absolute Gasteiger partial charge is 0.220 e. The lowest BCUT2D eigenvalue weighted by Crippen LogP contribution is -2.47. The van der Waals surface area contributed by atoms with Crippen LogP contribution in [0, 0.1) is 17.7 Å². The predicted octanol–water partition coefficient (Wildman–Crippen LogP) is 2.77. The number of anilines is 1. The third kappa shape index (κ3) is 4.08. The molecule has 6 nitrogen and oxygen atoms in total. The average molecular weight is 374 g/mol. The van der Waals surface area contributed by atoms with Crippen LogP contribution in [0.3, 0.4) is 0 Å². The molecule has 1 aliphatic heterocycles. The number of hydrogen-bond acceptors (Lipinski definition) is 5. The first-order chi connectivity index (χ1) is 13.1. The van der Waals surface area contributed by atoms with E-state index in [9.17, 15) is 9.18 Å². The number of carbonyl (C=O) groups excluding carboxylic acids is 1. The molecule has 1 aromatic heterocycles. The van der Waals surface area contributed by atoms with Gasteiger partial charge in [0.05, 0.1) is 5.39 Å². The van der Waals surface area contributed by atoms with Gasteiger partial charge in [-0.1, -0.05) is 5.16 Å². The lowest BCUT2D eigenvalue weighted by molar-refractivity contribution is -0.123. The molecule has 2 aliphatic rings. The molecular weight excluding hydrogens is 347 g/mol. The predicted molar refractivity (Wildman–Crippen MR) is 102 cm³/mol. The van der Waals surface area contributed by atoms with Crippen molar-refractivity contribution >= 4 is 22.7 Å². The monoisotopic (exact) mass is 374 g/mol. The molecule has 4 rings (SSSR count). The zero-order valence-electron chi connectivity index (χ0n) is 15.6. The summed E-state index contributed by atoms with van der Waals surface area (Å²) >= 11 is 0. The van der Waals surface area contributed by atoms with Gasteiger partial charge in [0.15, 0.2) is 11.4 Å². The molecule has 0 unspecified atom stereocenters.